The number of rotatable bonds is 9. The van der Waals surface area contributed by atoms with Crippen molar-refractivity contribution in [2.45, 2.75) is 45.2 Å². The molecule has 0 spiro atoms. The molecule has 1 aromatic carbocycles. The van der Waals surface area contributed by atoms with Gasteiger partial charge in [0, 0.05) is 31.7 Å². The number of hydrogen-bond acceptors (Lipinski definition) is 6. The summed E-state index contributed by atoms with van der Waals surface area (Å²) in [5.74, 6) is 0.454. The molecule has 0 saturated carbocycles. The van der Waals surface area contributed by atoms with Crippen LogP contribution in [0.4, 0.5) is 10.5 Å². The van der Waals surface area contributed by atoms with E-state index < -0.39 is 0 Å². The Morgan fingerprint density at radius 2 is 1.91 bits per heavy atom. The Morgan fingerprint density at radius 1 is 1.15 bits per heavy atom. The van der Waals surface area contributed by atoms with E-state index in [2.05, 4.69) is 15.7 Å². The van der Waals surface area contributed by atoms with Crippen LogP contribution in [0.15, 0.2) is 36.7 Å². The van der Waals surface area contributed by atoms with Crippen molar-refractivity contribution in [1.82, 2.24) is 20.0 Å². The number of benzene rings is 1. The number of methoxy groups -OCH3 is 1. The molecule has 0 unspecified atom stereocenters. The molecular weight excluding hydrogens is 426 g/mol. The lowest BCUT2D eigenvalue weighted by Crippen LogP contribution is -2.47. The van der Waals surface area contributed by atoms with Crippen molar-refractivity contribution in [1.29, 1.82) is 0 Å². The molecule has 3 amide bonds. The molecule has 2 N–H and O–H groups in total. The molecule has 0 bridgehead atoms. The van der Waals surface area contributed by atoms with Crippen LogP contribution in [0.1, 0.15) is 31.7 Å². The first-order valence-corrected chi connectivity index (χ1v) is 11.1. The molecular formula is C23H31N5O5. The summed E-state index contributed by atoms with van der Waals surface area (Å²) in [7, 11) is 1.61. The van der Waals surface area contributed by atoms with Crippen molar-refractivity contribution >= 4 is 23.6 Å². The van der Waals surface area contributed by atoms with E-state index in [1.54, 1.807) is 25.1 Å². The van der Waals surface area contributed by atoms with Crippen LogP contribution in [-0.4, -0.2) is 65.4 Å². The third-order valence-electron chi connectivity index (χ3n) is 5.42. The lowest BCUT2D eigenvalue weighted by Gasteiger charge is -2.31. The van der Waals surface area contributed by atoms with Crippen LogP contribution >= 0.6 is 0 Å². The van der Waals surface area contributed by atoms with Crippen molar-refractivity contribution in [3.05, 3.63) is 42.2 Å². The van der Waals surface area contributed by atoms with Gasteiger partial charge in [-0.2, -0.15) is 5.10 Å². The number of carbonyl (C=O) groups excluding carboxylic acids is 3. The number of nitrogens with one attached hydrogen (secondary N) is 2. The number of aromatic nitrogens is 2. The highest BCUT2D eigenvalue weighted by atomic mass is 16.6. The van der Waals surface area contributed by atoms with Gasteiger partial charge in [0.25, 0.3) is 0 Å². The van der Waals surface area contributed by atoms with Gasteiger partial charge in [-0.1, -0.05) is 18.2 Å². The Bertz CT molecular complexity index is 952. The third-order valence-corrected chi connectivity index (χ3v) is 5.42. The fourth-order valence-corrected chi connectivity index (χ4v) is 3.74. The van der Waals surface area contributed by atoms with Gasteiger partial charge in [0.05, 0.1) is 25.6 Å². The van der Waals surface area contributed by atoms with Crippen LogP contribution in [0.2, 0.25) is 0 Å². The maximum Gasteiger partial charge on any atom is 0.409 e. The summed E-state index contributed by atoms with van der Waals surface area (Å²) in [5.41, 5.74) is 1.51. The maximum atomic E-state index is 12.4. The van der Waals surface area contributed by atoms with Gasteiger partial charge >= 0.3 is 6.09 Å². The van der Waals surface area contributed by atoms with Crippen molar-refractivity contribution in [3.63, 3.8) is 0 Å². The average Bonchev–Trinajstić information content (AvgIpc) is 3.24. The summed E-state index contributed by atoms with van der Waals surface area (Å²) in [6.07, 6.45) is 5.05. The molecule has 3 rings (SSSR count). The molecule has 33 heavy (non-hydrogen) atoms. The molecule has 10 nitrogen and oxygen atoms in total. The molecule has 2 aromatic rings. The minimum atomic E-state index is -0.309. The lowest BCUT2D eigenvalue weighted by atomic mass is 10.1. The van der Waals surface area contributed by atoms with Gasteiger partial charge in [-0.3, -0.25) is 14.3 Å². The molecule has 1 saturated heterocycles. The summed E-state index contributed by atoms with van der Waals surface area (Å²) in [6.45, 7) is 3.28. The monoisotopic (exact) mass is 457 g/mol. The highest BCUT2D eigenvalue weighted by Gasteiger charge is 2.24. The Balaban J connectivity index is 1.40. The van der Waals surface area contributed by atoms with Crippen LogP contribution in [0.5, 0.6) is 5.75 Å². The molecule has 0 atom stereocenters. The molecule has 1 fully saturated rings. The van der Waals surface area contributed by atoms with Gasteiger partial charge in [-0.25, -0.2) is 4.79 Å². The Morgan fingerprint density at radius 3 is 2.64 bits per heavy atom. The summed E-state index contributed by atoms with van der Waals surface area (Å²) in [6, 6.07) is 7.61. The number of nitrogens with zero attached hydrogens (tertiary/aromatic N) is 3. The third kappa shape index (κ3) is 7.23. The molecule has 0 aliphatic carbocycles. The molecule has 1 aromatic heterocycles. The summed E-state index contributed by atoms with van der Waals surface area (Å²) < 4.78 is 11.8. The minimum Gasteiger partial charge on any atom is -0.496 e. The largest absolute Gasteiger partial charge is 0.496 e. The number of ether oxygens (including phenoxy) is 2. The van der Waals surface area contributed by atoms with E-state index in [1.165, 1.54) is 10.9 Å². The number of para-hydroxylation sites is 1. The van der Waals surface area contributed by atoms with E-state index in [0.29, 0.717) is 51.1 Å². The second-order valence-electron chi connectivity index (χ2n) is 7.81. The smallest absolute Gasteiger partial charge is 0.409 e. The molecule has 1 aliphatic rings. The first kappa shape index (κ1) is 24.1. The number of aryl methyl sites for hydroxylation is 1. The van der Waals surface area contributed by atoms with Crippen LogP contribution in [0.3, 0.4) is 0 Å². The van der Waals surface area contributed by atoms with Crippen molar-refractivity contribution in [2.75, 3.05) is 32.1 Å². The van der Waals surface area contributed by atoms with Gasteiger partial charge in [0.2, 0.25) is 11.8 Å². The van der Waals surface area contributed by atoms with Gasteiger partial charge in [0.15, 0.2) is 0 Å². The minimum absolute atomic E-state index is 0.00731. The van der Waals surface area contributed by atoms with Crippen LogP contribution in [0.25, 0.3) is 0 Å². The highest BCUT2D eigenvalue weighted by molar-refractivity contribution is 5.90. The van der Waals surface area contributed by atoms with Gasteiger partial charge < -0.3 is 25.0 Å². The van der Waals surface area contributed by atoms with Crippen molar-refractivity contribution in [3.8, 4) is 5.75 Å². The number of piperidine rings is 1. The van der Waals surface area contributed by atoms with E-state index in [9.17, 15) is 14.4 Å². The van der Waals surface area contributed by atoms with E-state index in [1.807, 2.05) is 24.3 Å². The molecule has 0 radical (unpaired) electrons. The van der Waals surface area contributed by atoms with Crippen LogP contribution in [0, 0.1) is 0 Å². The molecule has 1 aliphatic heterocycles. The zero-order valence-electron chi connectivity index (χ0n) is 19.1. The molecule has 2 heterocycles. The van der Waals surface area contributed by atoms with E-state index in [0.717, 1.165) is 11.3 Å². The molecule has 10 heteroatoms. The topological polar surface area (TPSA) is 115 Å². The van der Waals surface area contributed by atoms with E-state index in [-0.39, 0.29) is 30.5 Å². The molecule has 178 valence electrons. The first-order chi connectivity index (χ1) is 16.0. The number of likely N-dealkylation sites (tertiary alicyclic amines) is 1. The maximum absolute atomic E-state index is 12.4. The van der Waals surface area contributed by atoms with Gasteiger partial charge in [-0.15, -0.1) is 0 Å². The lowest BCUT2D eigenvalue weighted by molar-refractivity contribution is -0.122. The SMILES string of the molecule is CCOC(=O)N1CCC(NC(=O)Cn2cc(NC(=O)CCc3ccccc3OC)cn2)CC1. The second-order valence-corrected chi connectivity index (χ2v) is 7.81. The Labute approximate surface area is 193 Å². The zero-order chi connectivity index (χ0) is 23.6. The van der Waals surface area contributed by atoms with Crippen molar-refractivity contribution < 1.29 is 23.9 Å². The standard InChI is InChI=1S/C23H31N5O5/c1-3-33-23(31)27-12-10-18(11-13-27)25-22(30)16-28-15-19(14-24-28)26-21(29)9-8-17-6-4-5-7-20(17)32-2/h4-7,14-15,18H,3,8-13,16H2,1-2H3,(H,25,30)(H,26,29). The summed E-state index contributed by atoms with van der Waals surface area (Å²) in [5, 5.41) is 9.94. The number of anilines is 1. The van der Waals surface area contributed by atoms with Crippen LogP contribution < -0.4 is 15.4 Å². The Kier molecular flexibility index (Phi) is 8.68. The quantitative estimate of drug-likeness (QED) is 0.597. The van der Waals surface area contributed by atoms with E-state index in [4.69, 9.17) is 9.47 Å². The van der Waals surface area contributed by atoms with Gasteiger partial charge in [-0.05, 0) is 37.8 Å². The van der Waals surface area contributed by atoms with Gasteiger partial charge in [0.1, 0.15) is 12.3 Å². The predicted molar refractivity (Wildman–Crippen MR) is 122 cm³/mol. The first-order valence-electron chi connectivity index (χ1n) is 11.1. The Hall–Kier alpha value is -3.56. The highest BCUT2D eigenvalue weighted by Crippen LogP contribution is 2.19. The number of carbonyl (C=O) groups is 3. The van der Waals surface area contributed by atoms with Crippen molar-refractivity contribution in [2.24, 2.45) is 0 Å². The number of hydrogen-bond donors (Lipinski definition) is 2. The fourth-order valence-electron chi connectivity index (χ4n) is 3.74. The summed E-state index contributed by atoms with van der Waals surface area (Å²) in [4.78, 5) is 38.1. The second kappa shape index (κ2) is 11.9. The van der Waals surface area contributed by atoms with Crippen LogP contribution in [-0.2, 0) is 27.3 Å². The van der Waals surface area contributed by atoms with E-state index >= 15 is 0 Å². The number of amides is 3. The average molecular weight is 458 g/mol. The fraction of sp³-hybridized carbons (Fsp3) is 0.478. The summed E-state index contributed by atoms with van der Waals surface area (Å²) >= 11 is 0. The predicted octanol–water partition coefficient (Wildman–Crippen LogP) is 2.20. The zero-order valence-corrected chi connectivity index (χ0v) is 19.1. The normalized spacial score (nSPS) is 13.9.